The first kappa shape index (κ1) is 24.0. The van der Waals surface area contributed by atoms with E-state index < -0.39 is 12.2 Å². The van der Waals surface area contributed by atoms with Crippen molar-refractivity contribution in [1.82, 2.24) is 24.7 Å². The van der Waals surface area contributed by atoms with Crippen LogP contribution in [0.15, 0.2) is 30.5 Å². The zero-order valence-corrected chi connectivity index (χ0v) is 21.1. The fourth-order valence-corrected chi connectivity index (χ4v) is 4.28. The van der Waals surface area contributed by atoms with E-state index in [2.05, 4.69) is 36.8 Å². The van der Waals surface area contributed by atoms with Crippen LogP contribution in [0.25, 0.3) is 22.3 Å². The molecular formula is C24H26F2N8OS. The molecule has 188 valence electrons. The van der Waals surface area contributed by atoms with Crippen LogP contribution in [-0.4, -0.2) is 43.9 Å². The predicted octanol–water partition coefficient (Wildman–Crippen LogP) is 5.41. The summed E-state index contributed by atoms with van der Waals surface area (Å²) < 4.78 is 30.7. The molecule has 1 aliphatic carbocycles. The van der Waals surface area contributed by atoms with Crippen molar-refractivity contribution in [2.24, 2.45) is 13.0 Å². The van der Waals surface area contributed by atoms with Gasteiger partial charge in [0.25, 0.3) is 6.43 Å². The molecule has 3 aromatic heterocycles. The number of H-pyrrole nitrogens is 1. The molecule has 4 aromatic rings. The van der Waals surface area contributed by atoms with Gasteiger partial charge >= 0.3 is 0 Å². The second-order valence-electron chi connectivity index (χ2n) is 8.74. The van der Waals surface area contributed by atoms with Crippen LogP contribution >= 0.6 is 11.9 Å². The minimum atomic E-state index is -2.78. The van der Waals surface area contributed by atoms with Gasteiger partial charge in [0.15, 0.2) is 11.5 Å². The Hall–Kier alpha value is -3.67. The summed E-state index contributed by atoms with van der Waals surface area (Å²) in [6.07, 6.45) is 2.69. The number of amides is 1. The van der Waals surface area contributed by atoms with Crippen LogP contribution in [0.5, 0.6) is 0 Å². The van der Waals surface area contributed by atoms with Gasteiger partial charge in [0.05, 0.1) is 23.3 Å². The van der Waals surface area contributed by atoms with Crippen LogP contribution in [0.1, 0.15) is 30.8 Å². The summed E-state index contributed by atoms with van der Waals surface area (Å²) in [5.41, 5.74) is 5.60. The summed E-state index contributed by atoms with van der Waals surface area (Å²) in [7, 11) is 3.84. The standard InChI is InChI=1S/C24H26F2N8OS/c1-12-15(11-27-33(12)2)14-7-8-16(18(9-14)34(3)36-4)28-17-10-19(30-24(35)13-5-6-13)29-22-20(17)31-23(32-22)21(25)26/h7-11,13,21H,5-6H2,1-4H3,(H3,28,29,30,31,32,35). The maximum atomic E-state index is 13.4. The van der Waals surface area contributed by atoms with Crippen molar-refractivity contribution in [3.63, 3.8) is 0 Å². The van der Waals surface area contributed by atoms with Gasteiger partial charge in [0.2, 0.25) is 5.91 Å². The number of imidazole rings is 1. The zero-order valence-electron chi connectivity index (χ0n) is 20.3. The maximum absolute atomic E-state index is 13.4. The third-order valence-corrected chi connectivity index (χ3v) is 7.06. The van der Waals surface area contributed by atoms with Crippen molar-refractivity contribution in [1.29, 1.82) is 0 Å². The molecule has 0 atom stereocenters. The molecule has 5 rings (SSSR count). The number of aromatic nitrogens is 5. The molecule has 3 heterocycles. The maximum Gasteiger partial charge on any atom is 0.295 e. The molecule has 1 aliphatic rings. The second kappa shape index (κ2) is 9.41. The van der Waals surface area contributed by atoms with Crippen molar-refractivity contribution >= 4 is 51.9 Å². The van der Waals surface area contributed by atoms with Crippen molar-refractivity contribution in [2.75, 3.05) is 28.2 Å². The third kappa shape index (κ3) is 4.60. The number of fused-ring (bicyclic) bond motifs is 1. The summed E-state index contributed by atoms with van der Waals surface area (Å²) in [5.74, 6) is -0.372. The molecule has 0 saturated heterocycles. The van der Waals surface area contributed by atoms with Gasteiger partial charge in [-0.3, -0.25) is 9.48 Å². The number of anilines is 4. The topological polar surface area (TPSA) is 104 Å². The highest BCUT2D eigenvalue weighted by Crippen LogP contribution is 2.38. The van der Waals surface area contributed by atoms with Crippen molar-refractivity contribution in [3.05, 3.63) is 42.0 Å². The van der Waals surface area contributed by atoms with E-state index in [0.29, 0.717) is 11.2 Å². The summed E-state index contributed by atoms with van der Waals surface area (Å²) in [6, 6.07) is 7.60. The van der Waals surface area contributed by atoms with Gasteiger partial charge in [-0.15, -0.1) is 0 Å². The van der Waals surface area contributed by atoms with Crippen molar-refractivity contribution in [3.8, 4) is 11.1 Å². The number of alkyl halides is 2. The van der Waals surface area contributed by atoms with Crippen LogP contribution < -0.4 is 14.9 Å². The first-order valence-corrected chi connectivity index (χ1v) is 12.6. The van der Waals surface area contributed by atoms with E-state index in [0.717, 1.165) is 41.0 Å². The summed E-state index contributed by atoms with van der Waals surface area (Å²) >= 11 is 1.53. The number of nitrogens with one attached hydrogen (secondary N) is 3. The van der Waals surface area contributed by atoms with Crippen LogP contribution in [0.3, 0.4) is 0 Å². The summed E-state index contributed by atoms with van der Waals surface area (Å²) in [6.45, 7) is 2.01. The molecular weight excluding hydrogens is 486 g/mol. The molecule has 0 spiro atoms. The van der Waals surface area contributed by atoms with E-state index >= 15 is 0 Å². The van der Waals surface area contributed by atoms with Gasteiger partial charge in [-0.2, -0.15) is 5.10 Å². The monoisotopic (exact) mass is 512 g/mol. The van der Waals surface area contributed by atoms with E-state index in [1.165, 1.54) is 11.9 Å². The number of carbonyl (C=O) groups excluding carboxylic acids is 1. The van der Waals surface area contributed by atoms with E-state index in [1.807, 2.05) is 54.6 Å². The molecule has 0 unspecified atom stereocenters. The van der Waals surface area contributed by atoms with Crippen LogP contribution in [0, 0.1) is 12.8 Å². The number of benzene rings is 1. The van der Waals surface area contributed by atoms with Gasteiger partial charge < -0.3 is 19.9 Å². The number of hydrogen-bond donors (Lipinski definition) is 3. The molecule has 0 aliphatic heterocycles. The Labute approximate surface area is 210 Å². The number of carbonyl (C=O) groups is 1. The summed E-state index contributed by atoms with van der Waals surface area (Å²) in [4.78, 5) is 23.3. The first-order chi connectivity index (χ1) is 17.2. The Balaban J connectivity index is 1.57. The van der Waals surface area contributed by atoms with Gasteiger partial charge in [-0.05, 0) is 37.5 Å². The molecule has 12 heteroatoms. The van der Waals surface area contributed by atoms with E-state index in [1.54, 1.807) is 6.07 Å². The predicted molar refractivity (Wildman–Crippen MR) is 139 cm³/mol. The Morgan fingerprint density at radius 1 is 1.25 bits per heavy atom. The number of nitrogens with zero attached hydrogens (tertiary/aromatic N) is 5. The lowest BCUT2D eigenvalue weighted by atomic mass is 10.0. The lowest BCUT2D eigenvalue weighted by Gasteiger charge is -2.22. The molecule has 0 bridgehead atoms. The Kier molecular flexibility index (Phi) is 6.29. The Morgan fingerprint density at radius 3 is 2.67 bits per heavy atom. The lowest BCUT2D eigenvalue weighted by Crippen LogP contribution is -2.14. The smallest absolute Gasteiger partial charge is 0.295 e. The molecule has 3 N–H and O–H groups in total. The van der Waals surface area contributed by atoms with E-state index in [9.17, 15) is 13.6 Å². The van der Waals surface area contributed by atoms with Crippen LogP contribution in [0.2, 0.25) is 0 Å². The largest absolute Gasteiger partial charge is 0.352 e. The summed E-state index contributed by atoms with van der Waals surface area (Å²) in [5, 5.41) is 10.5. The molecule has 1 aromatic carbocycles. The average Bonchev–Trinajstić information content (AvgIpc) is 3.54. The van der Waals surface area contributed by atoms with Gasteiger partial charge in [-0.1, -0.05) is 18.0 Å². The molecule has 1 saturated carbocycles. The molecule has 36 heavy (non-hydrogen) atoms. The minimum absolute atomic E-state index is 0.0278. The molecule has 9 nitrogen and oxygen atoms in total. The SMILES string of the molecule is CSN(C)c1cc(-c2cnn(C)c2C)ccc1Nc1cc(NC(=O)C2CC2)nc2nc(C(F)F)[nH]c12. The minimum Gasteiger partial charge on any atom is -0.352 e. The van der Waals surface area contributed by atoms with Gasteiger partial charge in [-0.25, -0.2) is 18.7 Å². The van der Waals surface area contributed by atoms with Gasteiger partial charge in [0, 0.05) is 43.6 Å². The fourth-order valence-electron chi connectivity index (χ4n) is 3.94. The highest BCUT2D eigenvalue weighted by Gasteiger charge is 2.30. The zero-order chi connectivity index (χ0) is 25.6. The quantitative estimate of drug-likeness (QED) is 0.271. The number of halogens is 2. The number of hydrogen-bond acceptors (Lipinski definition) is 7. The lowest BCUT2D eigenvalue weighted by molar-refractivity contribution is -0.117. The molecule has 1 fully saturated rings. The van der Waals surface area contributed by atoms with Crippen molar-refractivity contribution < 1.29 is 13.6 Å². The highest BCUT2D eigenvalue weighted by molar-refractivity contribution is 7.99. The van der Waals surface area contributed by atoms with Crippen LogP contribution in [0.4, 0.5) is 31.7 Å². The first-order valence-electron chi connectivity index (χ1n) is 11.4. The average molecular weight is 513 g/mol. The van der Waals surface area contributed by atoms with Crippen LogP contribution in [-0.2, 0) is 11.8 Å². The Morgan fingerprint density at radius 2 is 2.03 bits per heavy atom. The molecule has 1 amide bonds. The number of aromatic amines is 1. The normalized spacial score (nSPS) is 13.4. The second-order valence-corrected chi connectivity index (χ2v) is 9.66. The van der Waals surface area contributed by atoms with Gasteiger partial charge in [0.1, 0.15) is 11.3 Å². The molecule has 0 radical (unpaired) electrons. The highest BCUT2D eigenvalue weighted by atomic mass is 32.2. The Bertz CT molecular complexity index is 1450. The number of pyridine rings is 1. The van der Waals surface area contributed by atoms with Crippen molar-refractivity contribution in [2.45, 2.75) is 26.2 Å². The van der Waals surface area contributed by atoms with E-state index in [4.69, 9.17) is 0 Å². The number of rotatable bonds is 8. The fraction of sp³-hybridized carbons (Fsp3) is 0.333. The third-order valence-electron chi connectivity index (χ3n) is 6.31. The number of aryl methyl sites for hydroxylation is 1. The van der Waals surface area contributed by atoms with E-state index in [-0.39, 0.29) is 23.3 Å².